The maximum Gasteiger partial charge on any atom is 0.261 e. The van der Waals surface area contributed by atoms with Crippen LogP contribution in [0.25, 0.3) is 0 Å². The lowest BCUT2D eigenvalue weighted by atomic mass is 10.0. The minimum atomic E-state index is -0.744. The van der Waals surface area contributed by atoms with E-state index in [1.165, 1.54) is 0 Å². The van der Waals surface area contributed by atoms with E-state index in [0.717, 1.165) is 17.5 Å². The molecule has 1 unspecified atom stereocenters. The van der Waals surface area contributed by atoms with Gasteiger partial charge in [0.2, 0.25) is 5.91 Å². The van der Waals surface area contributed by atoms with Crippen molar-refractivity contribution in [2.45, 2.75) is 32.4 Å². The fourth-order valence-corrected chi connectivity index (χ4v) is 3.98. The minimum Gasteiger partial charge on any atom is -0.497 e. The summed E-state index contributed by atoms with van der Waals surface area (Å²) in [4.78, 5) is 28.7. The molecule has 38 heavy (non-hydrogen) atoms. The number of nitrogens with zero attached hydrogens (tertiary/aromatic N) is 1. The monoisotopic (exact) mass is 520 g/mol. The summed E-state index contributed by atoms with van der Waals surface area (Å²) >= 11 is 0. The van der Waals surface area contributed by atoms with Gasteiger partial charge in [0.1, 0.15) is 29.0 Å². The summed E-state index contributed by atoms with van der Waals surface area (Å²) in [5.74, 6) is 1.63. The van der Waals surface area contributed by atoms with Crippen LogP contribution in [0.2, 0.25) is 0 Å². The second-order valence-electron chi connectivity index (χ2n) is 8.71. The summed E-state index contributed by atoms with van der Waals surface area (Å²) in [6.45, 7) is 2.44. The number of amides is 2. The molecule has 2 amide bonds. The number of nitrogens with one attached hydrogen (secondary N) is 1. The van der Waals surface area contributed by atoms with Crippen LogP contribution in [-0.2, 0) is 22.6 Å². The van der Waals surface area contributed by atoms with Crippen LogP contribution in [0.5, 0.6) is 23.0 Å². The van der Waals surface area contributed by atoms with Crippen molar-refractivity contribution in [3.63, 3.8) is 0 Å². The van der Waals surface area contributed by atoms with Crippen LogP contribution in [0.4, 0.5) is 0 Å². The molecule has 0 radical (unpaired) electrons. The molecule has 0 aliphatic carbocycles. The van der Waals surface area contributed by atoms with Crippen LogP contribution in [0.3, 0.4) is 0 Å². The predicted molar refractivity (Wildman–Crippen MR) is 146 cm³/mol. The standard InChI is InChI=1S/C30H36N2O6/c1-5-14-31-30(34)28(16-22-10-7-6-8-11-22)32(20-23-12-9-13-24(15-23)35-2)29(33)21-38-27-18-25(36-3)17-26(19-27)37-4/h6-13,15,17-19,28H,5,14,16,20-21H2,1-4H3,(H,31,34). The smallest absolute Gasteiger partial charge is 0.261 e. The highest BCUT2D eigenvalue weighted by Gasteiger charge is 2.30. The van der Waals surface area contributed by atoms with Gasteiger partial charge in [-0.2, -0.15) is 0 Å². The number of ether oxygens (including phenoxy) is 4. The number of benzene rings is 3. The molecule has 0 spiro atoms. The lowest BCUT2D eigenvalue weighted by Gasteiger charge is -2.31. The molecule has 0 aromatic heterocycles. The third-order valence-electron chi connectivity index (χ3n) is 5.99. The number of hydrogen-bond acceptors (Lipinski definition) is 6. The molecule has 0 fully saturated rings. The van der Waals surface area contributed by atoms with E-state index in [-0.39, 0.29) is 25.0 Å². The first-order valence-corrected chi connectivity index (χ1v) is 12.6. The number of rotatable bonds is 14. The van der Waals surface area contributed by atoms with E-state index in [0.29, 0.717) is 36.0 Å². The molecule has 0 saturated heterocycles. The summed E-state index contributed by atoms with van der Waals surface area (Å²) in [6.07, 6.45) is 1.15. The molecule has 0 aliphatic rings. The van der Waals surface area contributed by atoms with Gasteiger partial charge < -0.3 is 29.2 Å². The van der Waals surface area contributed by atoms with Crippen molar-refractivity contribution in [1.82, 2.24) is 10.2 Å². The van der Waals surface area contributed by atoms with E-state index < -0.39 is 6.04 Å². The van der Waals surface area contributed by atoms with Gasteiger partial charge in [0.25, 0.3) is 5.91 Å². The molecule has 1 atom stereocenters. The topological polar surface area (TPSA) is 86.3 Å². The van der Waals surface area contributed by atoms with Crippen LogP contribution in [-0.4, -0.2) is 57.2 Å². The molecule has 1 N–H and O–H groups in total. The fourth-order valence-electron chi connectivity index (χ4n) is 3.98. The maximum atomic E-state index is 13.7. The van der Waals surface area contributed by atoms with E-state index in [2.05, 4.69) is 5.32 Å². The highest BCUT2D eigenvalue weighted by Crippen LogP contribution is 2.27. The Morgan fingerprint density at radius 3 is 2.05 bits per heavy atom. The summed E-state index contributed by atoms with van der Waals surface area (Å²) in [5, 5.41) is 2.97. The highest BCUT2D eigenvalue weighted by atomic mass is 16.5. The lowest BCUT2D eigenvalue weighted by molar-refractivity contribution is -0.142. The van der Waals surface area contributed by atoms with Crippen LogP contribution in [0.15, 0.2) is 72.8 Å². The van der Waals surface area contributed by atoms with Crippen molar-refractivity contribution in [2.24, 2.45) is 0 Å². The van der Waals surface area contributed by atoms with Gasteiger partial charge in [0.15, 0.2) is 6.61 Å². The maximum absolute atomic E-state index is 13.7. The lowest BCUT2D eigenvalue weighted by Crippen LogP contribution is -2.51. The Kier molecular flexibility index (Phi) is 10.8. The van der Waals surface area contributed by atoms with Crippen molar-refractivity contribution in [1.29, 1.82) is 0 Å². The van der Waals surface area contributed by atoms with Crippen LogP contribution in [0.1, 0.15) is 24.5 Å². The van der Waals surface area contributed by atoms with Gasteiger partial charge in [-0.1, -0.05) is 49.4 Å². The zero-order chi connectivity index (χ0) is 27.3. The quantitative estimate of drug-likeness (QED) is 0.342. The molecular formula is C30H36N2O6. The average Bonchev–Trinajstić information content (AvgIpc) is 2.96. The van der Waals surface area contributed by atoms with Crippen LogP contribution < -0.4 is 24.3 Å². The third-order valence-corrected chi connectivity index (χ3v) is 5.99. The molecule has 3 rings (SSSR count). The third kappa shape index (κ3) is 8.16. The van der Waals surface area contributed by atoms with Gasteiger partial charge in [-0.15, -0.1) is 0 Å². The Bertz CT molecular complexity index is 1160. The van der Waals surface area contributed by atoms with Crippen molar-refractivity contribution in [3.8, 4) is 23.0 Å². The van der Waals surface area contributed by atoms with Crippen molar-refractivity contribution >= 4 is 11.8 Å². The Morgan fingerprint density at radius 2 is 1.42 bits per heavy atom. The largest absolute Gasteiger partial charge is 0.497 e. The summed E-state index contributed by atoms with van der Waals surface area (Å²) in [7, 11) is 4.68. The molecule has 3 aromatic rings. The van der Waals surface area contributed by atoms with Gasteiger partial charge in [0, 0.05) is 37.7 Å². The summed E-state index contributed by atoms with van der Waals surface area (Å²) < 4.78 is 21.9. The van der Waals surface area contributed by atoms with Crippen molar-refractivity contribution < 1.29 is 28.5 Å². The molecule has 0 bridgehead atoms. The SMILES string of the molecule is CCCNC(=O)C(Cc1ccccc1)N(Cc1cccc(OC)c1)C(=O)COc1cc(OC)cc(OC)c1. The van der Waals surface area contributed by atoms with E-state index in [1.54, 1.807) is 44.4 Å². The Hall–Kier alpha value is -4.20. The molecule has 8 heteroatoms. The van der Waals surface area contributed by atoms with E-state index >= 15 is 0 Å². The van der Waals surface area contributed by atoms with Crippen LogP contribution in [0, 0.1) is 0 Å². The number of carbonyl (C=O) groups excluding carboxylic acids is 2. The van der Waals surface area contributed by atoms with Gasteiger partial charge in [-0.3, -0.25) is 9.59 Å². The molecule has 3 aromatic carbocycles. The van der Waals surface area contributed by atoms with E-state index in [9.17, 15) is 9.59 Å². The second-order valence-corrected chi connectivity index (χ2v) is 8.71. The van der Waals surface area contributed by atoms with Crippen molar-refractivity contribution in [2.75, 3.05) is 34.5 Å². The Labute approximate surface area is 224 Å². The fraction of sp³-hybridized carbons (Fsp3) is 0.333. The highest BCUT2D eigenvalue weighted by molar-refractivity contribution is 5.88. The zero-order valence-corrected chi connectivity index (χ0v) is 22.4. The molecule has 0 heterocycles. The number of methoxy groups -OCH3 is 3. The molecular weight excluding hydrogens is 484 g/mol. The first kappa shape index (κ1) is 28.4. The van der Waals surface area contributed by atoms with Crippen LogP contribution >= 0.6 is 0 Å². The minimum absolute atomic E-state index is 0.206. The first-order valence-electron chi connectivity index (χ1n) is 12.6. The normalized spacial score (nSPS) is 11.3. The molecule has 0 aliphatic heterocycles. The Morgan fingerprint density at radius 1 is 0.789 bits per heavy atom. The second kappa shape index (κ2) is 14.5. The summed E-state index contributed by atoms with van der Waals surface area (Å²) in [6, 6.07) is 21.5. The first-order chi connectivity index (χ1) is 18.5. The average molecular weight is 521 g/mol. The predicted octanol–water partition coefficient (Wildman–Crippen LogP) is 4.26. The molecule has 0 saturated carbocycles. The van der Waals surface area contributed by atoms with E-state index in [4.69, 9.17) is 18.9 Å². The number of hydrogen-bond donors (Lipinski definition) is 1. The van der Waals surface area contributed by atoms with Gasteiger partial charge in [0.05, 0.1) is 21.3 Å². The van der Waals surface area contributed by atoms with Crippen molar-refractivity contribution in [3.05, 3.63) is 83.9 Å². The Balaban J connectivity index is 1.92. The summed E-state index contributed by atoms with van der Waals surface area (Å²) in [5.41, 5.74) is 1.79. The molecule has 202 valence electrons. The van der Waals surface area contributed by atoms with E-state index in [1.807, 2.05) is 61.5 Å². The van der Waals surface area contributed by atoms with Gasteiger partial charge in [-0.25, -0.2) is 0 Å². The zero-order valence-electron chi connectivity index (χ0n) is 22.4. The molecule has 8 nitrogen and oxygen atoms in total. The number of carbonyl (C=O) groups is 2. The van der Waals surface area contributed by atoms with Gasteiger partial charge in [-0.05, 0) is 29.7 Å². The van der Waals surface area contributed by atoms with Gasteiger partial charge >= 0.3 is 0 Å².